The fourth-order valence-electron chi connectivity index (χ4n) is 2.83. The van der Waals surface area contributed by atoms with Gasteiger partial charge < -0.3 is 15.1 Å². The highest BCUT2D eigenvalue weighted by Gasteiger charge is 2.17. The third kappa shape index (κ3) is 3.89. The van der Waals surface area contributed by atoms with Crippen LogP contribution in [0.25, 0.3) is 0 Å². The molecule has 1 aliphatic heterocycles. The molecule has 112 valence electrons. The number of fused-ring (bicyclic) bond motifs is 1. The Balaban J connectivity index is 2.23. The number of likely N-dealkylation sites (N-methyl/N-ethyl adjacent to an activating group) is 1. The number of nitrogens with one attached hydrogen (secondary N) is 1. The van der Waals surface area contributed by atoms with Gasteiger partial charge in [-0.05, 0) is 44.5 Å². The van der Waals surface area contributed by atoms with Gasteiger partial charge in [0.15, 0.2) is 0 Å². The Bertz CT molecular complexity index is 426. The highest BCUT2D eigenvalue weighted by Crippen LogP contribution is 2.33. The molecule has 1 N–H and O–H groups in total. The fraction of sp³-hybridized carbons (Fsp3) is 0.647. The molecule has 0 aliphatic carbocycles. The molecule has 1 aliphatic rings. The number of rotatable bonds is 6. The predicted molar refractivity (Wildman–Crippen MR) is 88.9 cm³/mol. The molecule has 0 radical (unpaired) electrons. The van der Waals surface area contributed by atoms with E-state index in [0.717, 1.165) is 26.2 Å². The van der Waals surface area contributed by atoms with Crippen LogP contribution in [0.5, 0.6) is 0 Å². The second-order valence-electron chi connectivity index (χ2n) is 6.48. The zero-order valence-electron chi connectivity index (χ0n) is 13.4. The van der Waals surface area contributed by atoms with E-state index in [4.69, 9.17) is 0 Å². The van der Waals surface area contributed by atoms with Gasteiger partial charge in [0, 0.05) is 26.2 Å². The number of anilines is 2. The molecule has 0 spiro atoms. The van der Waals surface area contributed by atoms with Crippen LogP contribution in [-0.4, -0.2) is 45.2 Å². The van der Waals surface area contributed by atoms with E-state index in [2.05, 4.69) is 61.3 Å². The Morgan fingerprint density at radius 1 is 1.20 bits per heavy atom. The van der Waals surface area contributed by atoms with Crippen molar-refractivity contribution >= 4 is 11.4 Å². The Kier molecular flexibility index (Phi) is 5.30. The largest absolute Gasteiger partial charge is 0.383 e. The lowest BCUT2D eigenvalue weighted by atomic mass is 10.0. The lowest BCUT2D eigenvalue weighted by Crippen LogP contribution is -2.35. The molecule has 0 aromatic heterocycles. The first-order valence-electron chi connectivity index (χ1n) is 7.83. The fourth-order valence-corrected chi connectivity index (χ4v) is 2.83. The van der Waals surface area contributed by atoms with Crippen molar-refractivity contribution in [1.82, 2.24) is 4.90 Å². The van der Waals surface area contributed by atoms with Crippen LogP contribution < -0.4 is 10.2 Å². The summed E-state index contributed by atoms with van der Waals surface area (Å²) in [6, 6.07) is 6.75. The van der Waals surface area contributed by atoms with Gasteiger partial charge in [0.1, 0.15) is 0 Å². The quantitative estimate of drug-likeness (QED) is 0.861. The second-order valence-corrected chi connectivity index (χ2v) is 6.48. The molecule has 1 aromatic carbocycles. The number of nitrogens with zero attached hydrogens (tertiary/aromatic N) is 2. The average Bonchev–Trinajstić information content (AvgIpc) is 2.42. The SMILES string of the molecule is CC(C)CN(CCN(C)C)c1cccc2c1NCCC2. The van der Waals surface area contributed by atoms with Crippen LogP contribution in [0.4, 0.5) is 11.4 Å². The van der Waals surface area contributed by atoms with Gasteiger partial charge in [-0.25, -0.2) is 0 Å². The van der Waals surface area contributed by atoms with E-state index < -0.39 is 0 Å². The van der Waals surface area contributed by atoms with Gasteiger partial charge in [0.2, 0.25) is 0 Å². The Morgan fingerprint density at radius 2 is 2.00 bits per heavy atom. The zero-order valence-corrected chi connectivity index (χ0v) is 13.4. The highest BCUT2D eigenvalue weighted by molar-refractivity contribution is 5.74. The molecule has 0 bridgehead atoms. The van der Waals surface area contributed by atoms with Crippen LogP contribution in [0, 0.1) is 5.92 Å². The van der Waals surface area contributed by atoms with Crippen LogP contribution >= 0.6 is 0 Å². The van der Waals surface area contributed by atoms with E-state index in [0.29, 0.717) is 5.92 Å². The second kappa shape index (κ2) is 6.98. The van der Waals surface area contributed by atoms with E-state index in [1.54, 1.807) is 0 Å². The predicted octanol–water partition coefficient (Wildman–Crippen LogP) is 3.07. The molecule has 1 aromatic rings. The summed E-state index contributed by atoms with van der Waals surface area (Å²) in [5.41, 5.74) is 4.24. The van der Waals surface area contributed by atoms with E-state index in [9.17, 15) is 0 Å². The third-order valence-electron chi connectivity index (χ3n) is 3.80. The van der Waals surface area contributed by atoms with Gasteiger partial charge in [-0.3, -0.25) is 0 Å². The van der Waals surface area contributed by atoms with Crippen molar-refractivity contribution in [3.63, 3.8) is 0 Å². The number of hydrogen-bond acceptors (Lipinski definition) is 3. The maximum Gasteiger partial charge on any atom is 0.0610 e. The number of benzene rings is 1. The normalized spacial score (nSPS) is 14.3. The third-order valence-corrected chi connectivity index (χ3v) is 3.80. The monoisotopic (exact) mass is 275 g/mol. The maximum atomic E-state index is 3.62. The summed E-state index contributed by atoms with van der Waals surface area (Å²) in [5, 5.41) is 3.62. The Labute approximate surface area is 124 Å². The topological polar surface area (TPSA) is 18.5 Å². The summed E-state index contributed by atoms with van der Waals surface area (Å²) in [6.45, 7) is 9.00. The van der Waals surface area contributed by atoms with Crippen molar-refractivity contribution in [3.8, 4) is 0 Å². The standard InChI is InChI=1S/C17H29N3/c1-14(2)13-20(12-11-19(3)4)16-9-5-7-15-8-6-10-18-17(15)16/h5,7,9,14,18H,6,8,10-13H2,1-4H3. The summed E-state index contributed by atoms with van der Waals surface area (Å²) in [5.74, 6) is 0.677. The summed E-state index contributed by atoms with van der Waals surface area (Å²) in [4.78, 5) is 4.80. The van der Waals surface area contributed by atoms with Crippen LogP contribution in [0.2, 0.25) is 0 Å². The minimum atomic E-state index is 0.677. The van der Waals surface area contributed by atoms with Gasteiger partial charge in [-0.2, -0.15) is 0 Å². The Morgan fingerprint density at radius 3 is 2.70 bits per heavy atom. The first-order chi connectivity index (χ1) is 9.58. The van der Waals surface area contributed by atoms with Crippen LogP contribution in [0.1, 0.15) is 25.8 Å². The molecule has 0 amide bonds. The van der Waals surface area contributed by atoms with Gasteiger partial charge in [-0.1, -0.05) is 26.0 Å². The molecule has 0 saturated carbocycles. The molecule has 20 heavy (non-hydrogen) atoms. The van der Waals surface area contributed by atoms with Crippen molar-refractivity contribution < 1.29 is 0 Å². The van der Waals surface area contributed by atoms with E-state index in [1.807, 2.05) is 0 Å². The minimum Gasteiger partial charge on any atom is -0.383 e. The van der Waals surface area contributed by atoms with Crippen molar-refractivity contribution in [2.24, 2.45) is 5.92 Å². The molecule has 1 heterocycles. The lowest BCUT2D eigenvalue weighted by Gasteiger charge is -2.32. The first kappa shape index (κ1) is 15.2. The molecular formula is C17H29N3. The van der Waals surface area contributed by atoms with E-state index >= 15 is 0 Å². The maximum absolute atomic E-state index is 3.62. The molecule has 3 nitrogen and oxygen atoms in total. The molecule has 2 rings (SSSR count). The molecule has 0 unspecified atom stereocenters. The van der Waals surface area contributed by atoms with Gasteiger partial charge in [-0.15, -0.1) is 0 Å². The first-order valence-corrected chi connectivity index (χ1v) is 7.83. The molecular weight excluding hydrogens is 246 g/mol. The van der Waals surface area contributed by atoms with Crippen LogP contribution in [0.3, 0.4) is 0 Å². The van der Waals surface area contributed by atoms with Crippen molar-refractivity contribution in [1.29, 1.82) is 0 Å². The minimum absolute atomic E-state index is 0.677. The lowest BCUT2D eigenvalue weighted by molar-refractivity contribution is 0.409. The highest BCUT2D eigenvalue weighted by atomic mass is 15.2. The number of hydrogen-bond donors (Lipinski definition) is 1. The molecule has 3 heteroatoms. The molecule has 0 atom stereocenters. The smallest absolute Gasteiger partial charge is 0.0610 e. The van der Waals surface area contributed by atoms with E-state index in [1.165, 1.54) is 29.8 Å². The Hall–Kier alpha value is -1.22. The van der Waals surface area contributed by atoms with Crippen molar-refractivity contribution in [2.75, 3.05) is 50.5 Å². The van der Waals surface area contributed by atoms with Crippen LogP contribution in [0.15, 0.2) is 18.2 Å². The summed E-state index contributed by atoms with van der Waals surface area (Å²) in [7, 11) is 4.29. The van der Waals surface area contributed by atoms with E-state index in [-0.39, 0.29) is 0 Å². The molecule has 0 saturated heterocycles. The average molecular weight is 275 g/mol. The number of para-hydroxylation sites is 1. The van der Waals surface area contributed by atoms with Gasteiger partial charge in [0.05, 0.1) is 11.4 Å². The molecule has 0 fully saturated rings. The summed E-state index contributed by atoms with van der Waals surface area (Å²) in [6.07, 6.45) is 2.46. The van der Waals surface area contributed by atoms with Crippen molar-refractivity contribution in [2.45, 2.75) is 26.7 Å². The zero-order chi connectivity index (χ0) is 14.5. The number of aryl methyl sites for hydroxylation is 1. The van der Waals surface area contributed by atoms with Crippen molar-refractivity contribution in [3.05, 3.63) is 23.8 Å². The summed E-state index contributed by atoms with van der Waals surface area (Å²) >= 11 is 0. The van der Waals surface area contributed by atoms with Gasteiger partial charge in [0.25, 0.3) is 0 Å². The van der Waals surface area contributed by atoms with Crippen LogP contribution in [-0.2, 0) is 6.42 Å². The summed E-state index contributed by atoms with van der Waals surface area (Å²) < 4.78 is 0. The van der Waals surface area contributed by atoms with Gasteiger partial charge >= 0.3 is 0 Å².